The number of nitrogens with zero attached hydrogens (tertiary/aromatic N) is 1. The van der Waals surface area contributed by atoms with Crippen molar-refractivity contribution < 1.29 is 23.9 Å². The molecule has 0 aliphatic carbocycles. The van der Waals surface area contributed by atoms with Gasteiger partial charge >= 0.3 is 5.97 Å². The molecule has 0 radical (unpaired) electrons. The van der Waals surface area contributed by atoms with Gasteiger partial charge in [-0.1, -0.05) is 6.92 Å². The van der Waals surface area contributed by atoms with E-state index in [1.807, 2.05) is 13.8 Å². The number of hydrogen-bond donors (Lipinski definition) is 1. The molecule has 1 saturated heterocycles. The van der Waals surface area contributed by atoms with Gasteiger partial charge in [0.05, 0.1) is 7.11 Å². The number of anilines is 1. The molecule has 1 aliphatic rings. The van der Waals surface area contributed by atoms with Gasteiger partial charge in [0.2, 0.25) is 11.8 Å². The monoisotopic (exact) mass is 362 g/mol. The minimum atomic E-state index is -0.460. The number of amides is 2. The number of piperidine rings is 1. The van der Waals surface area contributed by atoms with Crippen molar-refractivity contribution in [3.63, 3.8) is 0 Å². The van der Waals surface area contributed by atoms with Crippen molar-refractivity contribution in [2.75, 3.05) is 25.6 Å². The number of nitrogens with one attached hydrogen (secondary N) is 1. The Kier molecular flexibility index (Phi) is 7.00. The molecule has 1 aromatic rings. The predicted molar refractivity (Wildman–Crippen MR) is 97.0 cm³/mol. The first kappa shape index (κ1) is 19.8. The van der Waals surface area contributed by atoms with Crippen LogP contribution in [0.3, 0.4) is 0 Å². The third-order valence-electron chi connectivity index (χ3n) is 4.47. The van der Waals surface area contributed by atoms with Crippen LogP contribution in [0.5, 0.6) is 5.75 Å². The van der Waals surface area contributed by atoms with Crippen molar-refractivity contribution in [3.8, 4) is 5.75 Å². The van der Waals surface area contributed by atoms with E-state index in [2.05, 4.69) is 10.1 Å². The second-order valence-corrected chi connectivity index (χ2v) is 6.28. The van der Waals surface area contributed by atoms with Gasteiger partial charge in [0.1, 0.15) is 11.8 Å². The van der Waals surface area contributed by atoms with E-state index in [-0.39, 0.29) is 18.4 Å². The largest absolute Gasteiger partial charge is 0.482 e. The van der Waals surface area contributed by atoms with Crippen molar-refractivity contribution in [2.45, 2.75) is 45.6 Å². The van der Waals surface area contributed by atoms with Crippen molar-refractivity contribution in [1.82, 2.24) is 4.90 Å². The average molecular weight is 362 g/mol. The van der Waals surface area contributed by atoms with Crippen LogP contribution < -0.4 is 10.1 Å². The summed E-state index contributed by atoms with van der Waals surface area (Å²) in [4.78, 5) is 37.6. The molecule has 142 valence electrons. The van der Waals surface area contributed by atoms with Gasteiger partial charge in [0, 0.05) is 18.7 Å². The summed E-state index contributed by atoms with van der Waals surface area (Å²) < 4.78 is 9.87. The van der Waals surface area contributed by atoms with Crippen LogP contribution in [0.4, 0.5) is 5.69 Å². The van der Waals surface area contributed by atoms with Gasteiger partial charge in [0.25, 0.3) is 0 Å². The molecule has 1 fully saturated rings. The Morgan fingerprint density at radius 1 is 1.27 bits per heavy atom. The van der Waals surface area contributed by atoms with Crippen LogP contribution in [0, 0.1) is 6.92 Å². The molecule has 0 bridgehead atoms. The van der Waals surface area contributed by atoms with Crippen LogP contribution in [0.15, 0.2) is 18.2 Å². The van der Waals surface area contributed by atoms with E-state index in [1.54, 1.807) is 23.1 Å². The summed E-state index contributed by atoms with van der Waals surface area (Å²) in [5.41, 5.74) is 1.47. The van der Waals surface area contributed by atoms with E-state index in [9.17, 15) is 14.4 Å². The van der Waals surface area contributed by atoms with Crippen LogP contribution in [-0.2, 0) is 19.1 Å². The molecule has 0 spiro atoms. The SMILES string of the molecule is CCC(=O)N1CCCCC1C(=O)Nc1ccc(OCC(=O)OC)cc1C. The zero-order chi connectivity index (χ0) is 19.1. The number of likely N-dealkylation sites (tertiary alicyclic amines) is 1. The van der Waals surface area contributed by atoms with Gasteiger partial charge in [-0.25, -0.2) is 4.79 Å². The van der Waals surface area contributed by atoms with E-state index in [1.165, 1.54) is 7.11 Å². The number of carbonyl (C=O) groups excluding carboxylic acids is 3. The van der Waals surface area contributed by atoms with E-state index in [4.69, 9.17) is 4.74 Å². The Morgan fingerprint density at radius 2 is 2.04 bits per heavy atom. The number of rotatable bonds is 6. The topological polar surface area (TPSA) is 84.9 Å². The first-order valence-electron chi connectivity index (χ1n) is 8.86. The van der Waals surface area contributed by atoms with Crippen molar-refractivity contribution in [2.24, 2.45) is 0 Å². The quantitative estimate of drug-likeness (QED) is 0.785. The lowest BCUT2D eigenvalue weighted by Crippen LogP contribution is -2.49. The number of benzene rings is 1. The fraction of sp³-hybridized carbons (Fsp3) is 0.526. The first-order valence-corrected chi connectivity index (χ1v) is 8.86. The standard InChI is InChI=1S/C19H26N2O5/c1-4-17(22)21-10-6-5-7-16(21)19(24)20-15-9-8-14(11-13(15)2)26-12-18(23)25-3/h8-9,11,16H,4-7,10,12H2,1-3H3,(H,20,24). The van der Waals surface area contributed by atoms with Gasteiger partial charge in [0.15, 0.2) is 6.61 Å². The Balaban J connectivity index is 2.03. The Morgan fingerprint density at radius 3 is 2.69 bits per heavy atom. The molecule has 1 aromatic carbocycles. The lowest BCUT2D eigenvalue weighted by atomic mass is 10.0. The molecule has 1 atom stereocenters. The maximum atomic E-state index is 12.7. The van der Waals surface area contributed by atoms with E-state index < -0.39 is 12.0 Å². The number of aryl methyl sites for hydroxylation is 1. The number of ether oxygens (including phenoxy) is 2. The summed E-state index contributed by atoms with van der Waals surface area (Å²) in [5, 5.41) is 2.91. The smallest absolute Gasteiger partial charge is 0.343 e. The zero-order valence-corrected chi connectivity index (χ0v) is 15.5. The fourth-order valence-electron chi connectivity index (χ4n) is 2.99. The number of methoxy groups -OCH3 is 1. The summed E-state index contributed by atoms with van der Waals surface area (Å²) in [5.74, 6) is -0.102. The highest BCUT2D eigenvalue weighted by Gasteiger charge is 2.31. The average Bonchev–Trinajstić information content (AvgIpc) is 2.67. The van der Waals surface area contributed by atoms with Crippen LogP contribution in [0.2, 0.25) is 0 Å². The molecule has 26 heavy (non-hydrogen) atoms. The highest BCUT2D eigenvalue weighted by Crippen LogP contribution is 2.24. The minimum Gasteiger partial charge on any atom is -0.482 e. The molecule has 2 rings (SSSR count). The number of esters is 1. The summed E-state index contributed by atoms with van der Waals surface area (Å²) in [7, 11) is 1.30. The van der Waals surface area contributed by atoms with Gasteiger partial charge in [-0.15, -0.1) is 0 Å². The maximum Gasteiger partial charge on any atom is 0.343 e. The molecule has 1 aliphatic heterocycles. The van der Waals surface area contributed by atoms with Gasteiger partial charge < -0.3 is 19.7 Å². The van der Waals surface area contributed by atoms with Crippen LogP contribution in [-0.4, -0.2) is 49.0 Å². The molecule has 1 heterocycles. The number of hydrogen-bond acceptors (Lipinski definition) is 5. The second kappa shape index (κ2) is 9.22. The molecular formula is C19H26N2O5. The highest BCUT2D eigenvalue weighted by molar-refractivity contribution is 5.97. The maximum absolute atomic E-state index is 12.7. The minimum absolute atomic E-state index is 0.00753. The third-order valence-corrected chi connectivity index (χ3v) is 4.47. The van der Waals surface area contributed by atoms with Crippen LogP contribution >= 0.6 is 0 Å². The fourth-order valence-corrected chi connectivity index (χ4v) is 2.99. The number of carbonyl (C=O) groups is 3. The Bertz CT molecular complexity index is 674. The summed E-state index contributed by atoms with van der Waals surface area (Å²) >= 11 is 0. The summed E-state index contributed by atoms with van der Waals surface area (Å²) in [6, 6.07) is 4.73. The van der Waals surface area contributed by atoms with E-state index in [0.29, 0.717) is 30.8 Å². The van der Waals surface area contributed by atoms with Crippen molar-refractivity contribution in [3.05, 3.63) is 23.8 Å². The third kappa shape index (κ3) is 4.97. The van der Waals surface area contributed by atoms with Crippen LogP contribution in [0.25, 0.3) is 0 Å². The summed E-state index contributed by atoms with van der Waals surface area (Å²) in [6.07, 6.45) is 2.94. The predicted octanol–water partition coefficient (Wildman–Crippen LogP) is 2.28. The first-order chi connectivity index (χ1) is 12.5. The molecule has 0 aromatic heterocycles. The normalized spacial score (nSPS) is 16.7. The molecule has 1 unspecified atom stereocenters. The zero-order valence-electron chi connectivity index (χ0n) is 15.5. The van der Waals surface area contributed by atoms with E-state index >= 15 is 0 Å². The molecule has 0 saturated carbocycles. The lowest BCUT2D eigenvalue weighted by molar-refractivity contribution is -0.143. The lowest BCUT2D eigenvalue weighted by Gasteiger charge is -2.34. The van der Waals surface area contributed by atoms with Crippen LogP contribution in [0.1, 0.15) is 38.2 Å². The van der Waals surface area contributed by atoms with Gasteiger partial charge in [-0.05, 0) is 49.9 Å². The van der Waals surface area contributed by atoms with E-state index in [0.717, 1.165) is 18.4 Å². The molecule has 7 nitrogen and oxygen atoms in total. The van der Waals surface area contributed by atoms with Gasteiger partial charge in [-0.2, -0.15) is 0 Å². The van der Waals surface area contributed by atoms with Crippen molar-refractivity contribution in [1.29, 1.82) is 0 Å². The van der Waals surface area contributed by atoms with Crippen molar-refractivity contribution >= 4 is 23.5 Å². The highest BCUT2D eigenvalue weighted by atomic mass is 16.6. The van der Waals surface area contributed by atoms with Gasteiger partial charge in [-0.3, -0.25) is 9.59 Å². The Labute approximate surface area is 153 Å². The second-order valence-electron chi connectivity index (χ2n) is 6.28. The Hall–Kier alpha value is -2.57. The molecular weight excluding hydrogens is 336 g/mol. The molecule has 1 N–H and O–H groups in total. The summed E-state index contributed by atoms with van der Waals surface area (Å²) in [6.45, 7) is 4.11. The molecule has 7 heteroatoms. The molecule has 2 amide bonds.